The van der Waals surface area contributed by atoms with E-state index in [1.165, 1.54) is 11.2 Å². The molecule has 0 spiro atoms. The van der Waals surface area contributed by atoms with E-state index in [0.717, 1.165) is 15.7 Å². The summed E-state index contributed by atoms with van der Waals surface area (Å²) in [5.41, 5.74) is 1.70. The van der Waals surface area contributed by atoms with Crippen LogP contribution in [0.4, 0.5) is 19.3 Å². The van der Waals surface area contributed by atoms with Gasteiger partial charge in [0.05, 0.1) is 10.6 Å². The zero-order valence-electron chi connectivity index (χ0n) is 18.8. The Morgan fingerprint density at radius 3 is 2.27 bits per heavy atom. The van der Waals surface area contributed by atoms with Crippen LogP contribution in [-0.4, -0.2) is 37.9 Å². The number of hydrogen-bond donors (Lipinski definition) is 0. The van der Waals surface area contributed by atoms with Gasteiger partial charge in [-0.3, -0.25) is 4.90 Å². The molecule has 0 N–H and O–H groups in total. The second-order valence-electron chi connectivity index (χ2n) is 6.86. The molecule has 1 fully saturated rings. The fraction of sp³-hybridized carbons (Fsp3) is 0.409. The van der Waals surface area contributed by atoms with Gasteiger partial charge in [-0.15, -0.1) is 0 Å². The van der Waals surface area contributed by atoms with Gasteiger partial charge in [0.2, 0.25) is 10.0 Å². The van der Waals surface area contributed by atoms with Crippen molar-refractivity contribution in [1.29, 1.82) is 0 Å². The van der Waals surface area contributed by atoms with Crippen molar-refractivity contribution in [3.63, 3.8) is 0 Å². The van der Waals surface area contributed by atoms with E-state index in [4.69, 9.17) is 4.74 Å². The summed E-state index contributed by atoms with van der Waals surface area (Å²) in [5, 5.41) is 0. The van der Waals surface area contributed by atoms with Crippen LogP contribution in [0.5, 0.6) is 0 Å². The maximum Gasteiger partial charge on any atom is 0.414 e. The summed E-state index contributed by atoms with van der Waals surface area (Å²) in [6.45, 7) is 12.1. The molecule has 3 rings (SSSR count). The molecule has 11 heteroatoms. The smallest absolute Gasteiger partial charge is 0.414 e. The van der Waals surface area contributed by atoms with Crippen LogP contribution in [0.3, 0.4) is 0 Å². The highest BCUT2D eigenvalue weighted by atomic mass is 79.9. The molecule has 0 bridgehead atoms. The van der Waals surface area contributed by atoms with Crippen molar-refractivity contribution in [3.05, 3.63) is 62.9 Å². The van der Waals surface area contributed by atoms with E-state index < -0.39 is 21.9 Å². The first-order valence-corrected chi connectivity index (χ1v) is 13.2. The van der Waals surface area contributed by atoms with Gasteiger partial charge in [-0.2, -0.15) is 4.31 Å². The molecule has 1 amide bonds. The molecule has 0 unspecified atom stereocenters. The van der Waals surface area contributed by atoms with E-state index in [2.05, 4.69) is 45.0 Å². The van der Waals surface area contributed by atoms with Crippen LogP contribution in [0.15, 0.2) is 57.4 Å². The fourth-order valence-electron chi connectivity index (χ4n) is 3.16. The minimum Gasteiger partial charge on any atom is -0.444 e. The van der Waals surface area contributed by atoms with E-state index in [1.807, 2.05) is 32.0 Å². The third-order valence-electron chi connectivity index (χ3n) is 4.83. The number of allylic oxidation sites excluding steroid dienone is 3. The lowest BCUT2D eigenvalue weighted by Crippen LogP contribution is -2.50. The summed E-state index contributed by atoms with van der Waals surface area (Å²) >= 11 is 6.17. The normalized spacial score (nSPS) is 17.0. The van der Waals surface area contributed by atoms with Crippen LogP contribution in [0.25, 0.3) is 0 Å². The second-order valence-corrected chi connectivity index (χ2v) is 10.8. The summed E-state index contributed by atoms with van der Waals surface area (Å²) < 4.78 is 56.1. The number of hydrogen-bond acceptors (Lipinski definition) is 4. The molecule has 0 saturated carbocycles. The van der Waals surface area contributed by atoms with Crippen molar-refractivity contribution < 1.29 is 26.7 Å². The monoisotopic (exact) mass is 612 g/mol. The Kier molecular flexibility index (Phi) is 11.9. The number of amides is 1. The van der Waals surface area contributed by atoms with Crippen LogP contribution in [-0.2, 0) is 21.4 Å². The third kappa shape index (κ3) is 7.73. The molecule has 0 radical (unpaired) electrons. The van der Waals surface area contributed by atoms with Gasteiger partial charge in [0, 0.05) is 33.6 Å². The maximum absolute atomic E-state index is 12.6. The van der Waals surface area contributed by atoms with Crippen molar-refractivity contribution in [2.75, 3.05) is 18.0 Å². The Bertz CT molecular complexity index is 996. The van der Waals surface area contributed by atoms with Gasteiger partial charge in [-0.1, -0.05) is 42.9 Å². The molecular weight excluding hydrogens is 586 g/mol. The molecule has 0 aromatic heterocycles. The number of ether oxygens (including phenoxy) is 1. The number of nitrogens with zero attached hydrogens (tertiary/aromatic N) is 2. The SMILES string of the molecule is C/C(=C/F)S(=O)(=O)N1CCC(N2C(=O)OCc3cc(Br)ccc32)CC1.C=C(F)C(=C)Br.CC. The molecule has 2 aliphatic rings. The number of benzene rings is 1. The van der Waals surface area contributed by atoms with Gasteiger partial charge in [-0.05, 0) is 53.9 Å². The highest BCUT2D eigenvalue weighted by Gasteiger charge is 2.37. The van der Waals surface area contributed by atoms with Crippen molar-refractivity contribution in [3.8, 4) is 0 Å². The average molecular weight is 614 g/mol. The molecule has 0 aliphatic carbocycles. The summed E-state index contributed by atoms with van der Waals surface area (Å²) in [6.07, 6.45) is 0.612. The van der Waals surface area contributed by atoms with E-state index in [0.29, 0.717) is 12.8 Å². The average Bonchev–Trinajstić information content (AvgIpc) is 2.80. The van der Waals surface area contributed by atoms with Gasteiger partial charge in [0.15, 0.2) is 0 Å². The number of piperidine rings is 1. The molecule has 1 aromatic carbocycles. The molecule has 1 aromatic rings. The van der Waals surface area contributed by atoms with Crippen LogP contribution >= 0.6 is 31.9 Å². The first-order chi connectivity index (χ1) is 15.5. The standard InChI is InChI=1S/C16H18BrFN2O4S.C4H4BrF.C2H6/c1-11(9-18)25(22,23)19-6-4-14(5-7-19)20-15-3-2-13(17)8-12(15)10-24-16(20)21;1-3(5)4(2)6;1-2/h2-3,8-9,14H,4-7,10H2,1H3;1-2H2;1-2H3/b11-9-;;. The van der Waals surface area contributed by atoms with E-state index in [1.54, 1.807) is 4.90 Å². The first-order valence-electron chi connectivity index (χ1n) is 10.2. The second kappa shape index (κ2) is 13.4. The molecule has 184 valence electrons. The van der Waals surface area contributed by atoms with Crippen molar-refractivity contribution in [1.82, 2.24) is 4.31 Å². The molecule has 2 aliphatic heterocycles. The Morgan fingerprint density at radius 2 is 1.79 bits per heavy atom. The van der Waals surface area contributed by atoms with E-state index >= 15 is 0 Å². The molecular formula is C22H28Br2F2N2O4S. The molecule has 2 heterocycles. The van der Waals surface area contributed by atoms with Gasteiger partial charge in [-0.25, -0.2) is 22.0 Å². The van der Waals surface area contributed by atoms with Gasteiger partial charge in [0.1, 0.15) is 18.8 Å². The Hall–Kier alpha value is -1.56. The van der Waals surface area contributed by atoms with Gasteiger partial charge < -0.3 is 4.74 Å². The van der Waals surface area contributed by atoms with E-state index in [9.17, 15) is 22.0 Å². The highest BCUT2D eigenvalue weighted by molar-refractivity contribution is 9.12. The van der Waals surface area contributed by atoms with Gasteiger partial charge in [0.25, 0.3) is 0 Å². The molecule has 1 saturated heterocycles. The van der Waals surface area contributed by atoms with Gasteiger partial charge >= 0.3 is 6.09 Å². The number of fused-ring (bicyclic) bond motifs is 1. The number of anilines is 1. The molecule has 33 heavy (non-hydrogen) atoms. The third-order valence-corrected chi connectivity index (χ3v) is 7.70. The van der Waals surface area contributed by atoms with Crippen LogP contribution < -0.4 is 4.90 Å². The Balaban J connectivity index is 0.000000593. The largest absolute Gasteiger partial charge is 0.444 e. The number of carbonyl (C=O) groups excluding carboxylic acids is 1. The summed E-state index contributed by atoms with van der Waals surface area (Å²) in [6, 6.07) is 5.47. The van der Waals surface area contributed by atoms with Crippen molar-refractivity contribution in [2.45, 2.75) is 46.3 Å². The lowest BCUT2D eigenvalue weighted by Gasteiger charge is -2.39. The number of sulfonamides is 1. The number of carbonyl (C=O) groups is 1. The van der Waals surface area contributed by atoms with E-state index in [-0.39, 0.29) is 41.5 Å². The molecule has 0 atom stereocenters. The summed E-state index contributed by atoms with van der Waals surface area (Å²) in [5.74, 6) is -0.519. The zero-order valence-corrected chi connectivity index (χ0v) is 22.8. The summed E-state index contributed by atoms with van der Waals surface area (Å²) in [4.78, 5) is 13.6. The maximum atomic E-state index is 12.6. The predicted molar refractivity (Wildman–Crippen MR) is 135 cm³/mol. The minimum atomic E-state index is -3.77. The topological polar surface area (TPSA) is 66.9 Å². The quantitative estimate of drug-likeness (QED) is 0.345. The van der Waals surface area contributed by atoms with Crippen molar-refractivity contribution in [2.24, 2.45) is 0 Å². The van der Waals surface area contributed by atoms with Crippen molar-refractivity contribution >= 4 is 53.7 Å². The lowest BCUT2D eigenvalue weighted by atomic mass is 10.0. The lowest BCUT2D eigenvalue weighted by molar-refractivity contribution is 0.136. The zero-order chi connectivity index (χ0) is 25.3. The molecule has 6 nitrogen and oxygen atoms in total. The number of rotatable bonds is 4. The summed E-state index contributed by atoms with van der Waals surface area (Å²) in [7, 11) is -3.77. The van der Waals surface area contributed by atoms with Crippen LogP contribution in [0, 0.1) is 0 Å². The Morgan fingerprint density at radius 1 is 1.24 bits per heavy atom. The predicted octanol–water partition coefficient (Wildman–Crippen LogP) is 6.94. The highest BCUT2D eigenvalue weighted by Crippen LogP contribution is 2.34. The number of cyclic esters (lactones) is 1. The van der Waals surface area contributed by atoms with Crippen LogP contribution in [0.2, 0.25) is 0 Å². The Labute approximate surface area is 211 Å². The minimum absolute atomic E-state index is 0.109. The number of halogens is 4. The van der Waals surface area contributed by atoms with Crippen LogP contribution in [0.1, 0.15) is 39.2 Å². The fourth-order valence-corrected chi connectivity index (χ4v) is 4.78. The first kappa shape index (κ1) is 29.5.